The Morgan fingerprint density at radius 3 is 1.35 bits per heavy atom. The third kappa shape index (κ3) is 4.45. The fourth-order valence-corrected chi connectivity index (χ4v) is 3.59. The predicted molar refractivity (Wildman–Crippen MR) is 107 cm³/mol. The zero-order chi connectivity index (χ0) is 19.1. The molecule has 26 heavy (non-hydrogen) atoms. The number of hydrogen-bond donors (Lipinski definition) is 4. The van der Waals surface area contributed by atoms with Crippen LogP contribution in [0.5, 0.6) is 0 Å². The van der Waals surface area contributed by atoms with Gasteiger partial charge in [0.2, 0.25) is 0 Å². The molecule has 8 heteroatoms. The van der Waals surface area contributed by atoms with E-state index in [4.69, 9.17) is 22.9 Å². The first-order valence-corrected chi connectivity index (χ1v) is 8.96. The van der Waals surface area contributed by atoms with Crippen LogP contribution in [0.25, 0.3) is 0 Å². The van der Waals surface area contributed by atoms with Crippen molar-refractivity contribution in [3.8, 4) is 12.1 Å². The summed E-state index contributed by atoms with van der Waals surface area (Å²) in [5.41, 5.74) is 25.0. The normalized spacial score (nSPS) is 12.4. The van der Waals surface area contributed by atoms with E-state index < -0.39 is 0 Å². The molecule has 0 unspecified atom stereocenters. The summed E-state index contributed by atoms with van der Waals surface area (Å²) in [6, 6.07) is 18.1. The van der Waals surface area contributed by atoms with Gasteiger partial charge in [-0.05, 0) is 24.3 Å². The Kier molecular flexibility index (Phi) is 6.45. The number of rotatable bonds is 5. The molecular formula is C18H16N6S2. The highest BCUT2D eigenvalue weighted by Gasteiger charge is 2.16. The maximum Gasteiger partial charge on any atom is 0.103 e. The van der Waals surface area contributed by atoms with Crippen LogP contribution < -0.4 is 22.9 Å². The van der Waals surface area contributed by atoms with E-state index in [-0.39, 0.29) is 21.2 Å². The SMILES string of the molecule is N#CC(=C(N)Sc1ccccc1N)/C(C#N)=C(/N)Sc1ccccc1N. The molecule has 0 heterocycles. The van der Waals surface area contributed by atoms with E-state index in [0.717, 1.165) is 23.5 Å². The Morgan fingerprint density at radius 2 is 1.04 bits per heavy atom. The van der Waals surface area contributed by atoms with Crippen LogP contribution in [0, 0.1) is 22.7 Å². The fraction of sp³-hybridized carbons (Fsp3) is 0. The summed E-state index contributed by atoms with van der Waals surface area (Å²) in [5.74, 6) is 0. The monoisotopic (exact) mass is 380 g/mol. The first kappa shape index (κ1) is 19.1. The van der Waals surface area contributed by atoms with Gasteiger partial charge in [0.1, 0.15) is 23.3 Å². The molecule has 0 aromatic heterocycles. The van der Waals surface area contributed by atoms with Crippen molar-refractivity contribution in [2.45, 2.75) is 9.79 Å². The molecule has 0 saturated carbocycles. The second-order valence-electron chi connectivity index (χ2n) is 4.98. The number of nitrogens with two attached hydrogens (primary N) is 4. The topological polar surface area (TPSA) is 152 Å². The molecule has 0 spiro atoms. The summed E-state index contributed by atoms with van der Waals surface area (Å²) >= 11 is 2.22. The lowest BCUT2D eigenvalue weighted by atomic mass is 10.1. The molecule has 0 bridgehead atoms. The van der Waals surface area contributed by atoms with Crippen LogP contribution in [0.3, 0.4) is 0 Å². The van der Waals surface area contributed by atoms with Crippen LogP contribution in [0.1, 0.15) is 0 Å². The number of nitriles is 2. The average Bonchev–Trinajstić information content (AvgIpc) is 2.63. The molecule has 130 valence electrons. The number of hydrogen-bond acceptors (Lipinski definition) is 8. The summed E-state index contributed by atoms with van der Waals surface area (Å²) in [7, 11) is 0. The molecule has 0 fully saturated rings. The van der Waals surface area contributed by atoms with E-state index in [0.29, 0.717) is 21.2 Å². The van der Waals surface area contributed by atoms with Crippen LogP contribution >= 0.6 is 23.5 Å². The molecule has 0 amide bonds. The lowest BCUT2D eigenvalue weighted by Crippen LogP contribution is -2.06. The summed E-state index contributed by atoms with van der Waals surface area (Å²) in [6.45, 7) is 0. The van der Waals surface area contributed by atoms with E-state index in [1.807, 2.05) is 24.3 Å². The largest absolute Gasteiger partial charge is 0.398 e. The maximum atomic E-state index is 9.51. The van der Waals surface area contributed by atoms with E-state index >= 15 is 0 Å². The Hall–Kier alpha value is -3.20. The van der Waals surface area contributed by atoms with Crippen molar-refractivity contribution in [2.75, 3.05) is 11.5 Å². The highest BCUT2D eigenvalue weighted by molar-refractivity contribution is 8.03. The van der Waals surface area contributed by atoms with Gasteiger partial charge >= 0.3 is 0 Å². The van der Waals surface area contributed by atoms with Gasteiger partial charge in [0, 0.05) is 21.2 Å². The van der Waals surface area contributed by atoms with Crippen molar-refractivity contribution >= 4 is 34.9 Å². The van der Waals surface area contributed by atoms with Gasteiger partial charge in [0.05, 0.1) is 10.1 Å². The van der Waals surface area contributed by atoms with Crippen molar-refractivity contribution in [2.24, 2.45) is 11.5 Å². The molecule has 0 radical (unpaired) electrons. The zero-order valence-electron chi connectivity index (χ0n) is 13.6. The van der Waals surface area contributed by atoms with Gasteiger partial charge in [-0.25, -0.2) is 0 Å². The van der Waals surface area contributed by atoms with Crippen molar-refractivity contribution in [1.82, 2.24) is 0 Å². The van der Waals surface area contributed by atoms with Gasteiger partial charge in [-0.3, -0.25) is 0 Å². The average molecular weight is 381 g/mol. The summed E-state index contributed by atoms with van der Waals surface area (Å²) < 4.78 is 0. The smallest absolute Gasteiger partial charge is 0.103 e. The Labute approximate surface area is 160 Å². The molecule has 0 aliphatic carbocycles. The summed E-state index contributed by atoms with van der Waals surface area (Å²) in [4.78, 5) is 1.38. The van der Waals surface area contributed by atoms with Gasteiger partial charge in [-0.1, -0.05) is 47.8 Å². The molecule has 0 atom stereocenters. The summed E-state index contributed by atoms with van der Waals surface area (Å²) in [6.07, 6.45) is 0. The Bertz CT molecular complexity index is 887. The lowest BCUT2D eigenvalue weighted by Gasteiger charge is -2.10. The van der Waals surface area contributed by atoms with Crippen LogP contribution in [-0.4, -0.2) is 0 Å². The van der Waals surface area contributed by atoms with Crippen molar-refractivity contribution < 1.29 is 0 Å². The van der Waals surface area contributed by atoms with Gasteiger partial charge in [0.25, 0.3) is 0 Å². The fourth-order valence-electron chi connectivity index (χ4n) is 1.95. The number of thioether (sulfide) groups is 2. The molecule has 0 aliphatic rings. The summed E-state index contributed by atoms with van der Waals surface area (Å²) in [5, 5.41) is 19.3. The number of nitrogen functional groups attached to an aromatic ring is 2. The molecule has 6 nitrogen and oxygen atoms in total. The molecule has 0 saturated heterocycles. The van der Waals surface area contributed by atoms with Gasteiger partial charge in [0.15, 0.2) is 0 Å². The number of nitrogens with zero attached hydrogens (tertiary/aromatic N) is 2. The maximum absolute atomic E-state index is 9.51. The van der Waals surface area contributed by atoms with Gasteiger partial charge in [-0.15, -0.1) is 0 Å². The van der Waals surface area contributed by atoms with Gasteiger partial charge in [-0.2, -0.15) is 10.5 Å². The molecule has 2 rings (SSSR count). The van der Waals surface area contributed by atoms with E-state index in [1.54, 1.807) is 36.4 Å². The highest BCUT2D eigenvalue weighted by Crippen LogP contribution is 2.35. The lowest BCUT2D eigenvalue weighted by molar-refractivity contribution is 1.34. The van der Waals surface area contributed by atoms with E-state index in [9.17, 15) is 10.5 Å². The molecule has 2 aromatic carbocycles. The standard InChI is InChI=1S/C18H16N6S2/c19-9-11(17(23)25-15-7-3-1-5-13(15)21)12(10-20)18(24)26-16-8-4-2-6-14(16)22/h1-8H,21-24H2/b17-11-,18-12?. The van der Waals surface area contributed by atoms with Crippen molar-refractivity contribution in [3.63, 3.8) is 0 Å². The molecule has 8 N–H and O–H groups in total. The minimum absolute atomic E-state index is 0.000237. The minimum Gasteiger partial charge on any atom is -0.398 e. The second kappa shape index (κ2) is 8.77. The number of anilines is 2. The minimum atomic E-state index is 0.000237. The zero-order valence-corrected chi connectivity index (χ0v) is 15.3. The van der Waals surface area contributed by atoms with Crippen molar-refractivity contribution in [3.05, 3.63) is 69.7 Å². The molecular weight excluding hydrogens is 364 g/mol. The van der Waals surface area contributed by atoms with E-state index in [1.165, 1.54) is 0 Å². The predicted octanol–water partition coefficient (Wildman–Crippen LogP) is 3.12. The van der Waals surface area contributed by atoms with Gasteiger partial charge < -0.3 is 22.9 Å². The van der Waals surface area contributed by atoms with E-state index in [2.05, 4.69) is 0 Å². The number of para-hydroxylation sites is 2. The van der Waals surface area contributed by atoms with Crippen LogP contribution in [0.2, 0.25) is 0 Å². The number of allylic oxidation sites excluding steroid dienone is 2. The third-order valence-electron chi connectivity index (χ3n) is 3.24. The number of benzene rings is 2. The molecule has 2 aromatic rings. The Balaban J connectivity index is 2.42. The third-order valence-corrected chi connectivity index (χ3v) is 5.28. The first-order chi connectivity index (χ1) is 12.5. The quantitative estimate of drug-likeness (QED) is 0.267. The Morgan fingerprint density at radius 1 is 0.692 bits per heavy atom. The van der Waals surface area contributed by atoms with Crippen LogP contribution in [0.15, 0.2) is 79.5 Å². The second-order valence-corrected chi connectivity index (χ2v) is 7.15. The van der Waals surface area contributed by atoms with Crippen molar-refractivity contribution in [1.29, 1.82) is 10.5 Å². The van der Waals surface area contributed by atoms with Crippen LogP contribution in [0.4, 0.5) is 11.4 Å². The molecule has 0 aliphatic heterocycles. The highest BCUT2D eigenvalue weighted by atomic mass is 32.2. The first-order valence-electron chi connectivity index (χ1n) is 7.32. The van der Waals surface area contributed by atoms with Crippen LogP contribution in [-0.2, 0) is 0 Å².